The van der Waals surface area contributed by atoms with E-state index >= 15 is 0 Å². The molecule has 5 rings (SSSR count). The van der Waals surface area contributed by atoms with E-state index in [1.54, 1.807) is 0 Å². The topological polar surface area (TPSA) is 71.4 Å². The molecular weight excluding hydrogens is 523 g/mol. The number of benzene rings is 3. The van der Waals surface area contributed by atoms with Crippen molar-refractivity contribution in [2.75, 3.05) is 49.2 Å². The van der Waals surface area contributed by atoms with Gasteiger partial charge in [-0.2, -0.15) is 5.10 Å². The van der Waals surface area contributed by atoms with E-state index in [4.69, 9.17) is 9.84 Å². The molecule has 0 bridgehead atoms. The van der Waals surface area contributed by atoms with Gasteiger partial charge in [0.25, 0.3) is 0 Å². The third kappa shape index (κ3) is 6.73. The summed E-state index contributed by atoms with van der Waals surface area (Å²) in [5.41, 5.74) is 2.88. The minimum atomic E-state index is -1.69. The average molecular weight is 560 g/mol. The molecule has 0 aliphatic carbocycles. The van der Waals surface area contributed by atoms with Crippen molar-refractivity contribution in [3.63, 3.8) is 0 Å². The predicted octanol–water partition coefficient (Wildman–Crippen LogP) is 5.95. The van der Waals surface area contributed by atoms with Gasteiger partial charge in [0.05, 0.1) is 24.6 Å². The number of thioether (sulfide) groups is 1. The molecule has 1 saturated heterocycles. The fourth-order valence-electron chi connectivity index (χ4n) is 4.61. The highest BCUT2D eigenvalue weighted by molar-refractivity contribution is 7.99. The Labute approximate surface area is 235 Å². The van der Waals surface area contributed by atoms with Crippen molar-refractivity contribution in [3.05, 3.63) is 72.3 Å². The van der Waals surface area contributed by atoms with Crippen LogP contribution in [0.5, 0.6) is 0 Å². The summed E-state index contributed by atoms with van der Waals surface area (Å²) < 4.78 is 7.29. The zero-order chi connectivity index (χ0) is 27.4. The number of amides is 2. The Kier molecular flexibility index (Phi) is 8.42. The van der Waals surface area contributed by atoms with Crippen LogP contribution in [0, 0.1) is 6.92 Å². The van der Waals surface area contributed by atoms with E-state index in [9.17, 15) is 4.79 Å². The number of aromatic nitrogens is 2. The summed E-state index contributed by atoms with van der Waals surface area (Å²) in [6.07, 6.45) is 0. The molecule has 2 amide bonds. The number of nitrogens with one attached hydrogen (secondary N) is 2. The standard InChI is InChI=1S/C30H37N5O2SSi/c1-22-9-11-23(12-10-22)35-28(21-29(33-35)39(2,3)4)32-30(36)31-26-13-14-27(25-8-6-5-7-24(25)26)38-20-17-34-15-18-37-19-16-34/h5-14,21H,15-20H2,1-4H3,(H2,31,32,36). The fraction of sp³-hybridized carbons (Fsp3) is 0.333. The number of aryl methyl sites for hydroxylation is 1. The Morgan fingerprint density at radius 2 is 1.69 bits per heavy atom. The maximum atomic E-state index is 13.3. The minimum Gasteiger partial charge on any atom is -0.379 e. The minimum absolute atomic E-state index is 0.289. The molecule has 1 fully saturated rings. The summed E-state index contributed by atoms with van der Waals surface area (Å²) in [5, 5.41) is 14.3. The van der Waals surface area contributed by atoms with Gasteiger partial charge in [0.1, 0.15) is 13.9 Å². The van der Waals surface area contributed by atoms with Gasteiger partial charge in [0.15, 0.2) is 0 Å². The van der Waals surface area contributed by atoms with Crippen molar-refractivity contribution in [3.8, 4) is 5.69 Å². The largest absolute Gasteiger partial charge is 0.379 e. The van der Waals surface area contributed by atoms with Crippen LogP contribution in [0.15, 0.2) is 71.6 Å². The highest BCUT2D eigenvalue weighted by Crippen LogP contribution is 2.33. The normalized spacial score (nSPS) is 14.5. The lowest BCUT2D eigenvalue weighted by atomic mass is 10.1. The van der Waals surface area contributed by atoms with Crippen LogP contribution in [0.25, 0.3) is 16.5 Å². The lowest BCUT2D eigenvalue weighted by Gasteiger charge is -2.26. The van der Waals surface area contributed by atoms with Crippen LogP contribution in [0.2, 0.25) is 19.6 Å². The average Bonchev–Trinajstić information content (AvgIpc) is 3.35. The second-order valence-corrected chi connectivity index (χ2v) is 17.1. The van der Waals surface area contributed by atoms with Crippen LogP contribution >= 0.6 is 11.8 Å². The van der Waals surface area contributed by atoms with Crippen molar-refractivity contribution < 1.29 is 9.53 Å². The van der Waals surface area contributed by atoms with E-state index in [2.05, 4.69) is 78.5 Å². The van der Waals surface area contributed by atoms with Crippen LogP contribution in [0.3, 0.4) is 0 Å². The van der Waals surface area contributed by atoms with Crippen LogP contribution in [0.1, 0.15) is 5.56 Å². The number of carbonyl (C=O) groups is 1. The molecule has 0 radical (unpaired) electrons. The fourth-order valence-corrected chi connectivity index (χ4v) is 6.64. The second kappa shape index (κ2) is 12.0. The monoisotopic (exact) mass is 559 g/mol. The first-order valence-electron chi connectivity index (χ1n) is 13.5. The Bertz CT molecular complexity index is 1440. The zero-order valence-corrected chi connectivity index (χ0v) is 25.0. The number of hydrogen-bond acceptors (Lipinski definition) is 5. The van der Waals surface area contributed by atoms with Crippen molar-refractivity contribution in [2.45, 2.75) is 31.5 Å². The van der Waals surface area contributed by atoms with E-state index in [1.165, 1.54) is 10.5 Å². The molecule has 1 aromatic heterocycles. The Balaban J connectivity index is 1.33. The molecule has 1 aliphatic heterocycles. The number of carbonyl (C=O) groups excluding carboxylic acids is 1. The lowest BCUT2D eigenvalue weighted by molar-refractivity contribution is 0.0410. The molecule has 2 N–H and O–H groups in total. The quantitative estimate of drug-likeness (QED) is 0.206. The van der Waals surface area contributed by atoms with Crippen LogP contribution < -0.4 is 16.0 Å². The number of ether oxygens (including phenoxy) is 1. The van der Waals surface area contributed by atoms with Gasteiger partial charge in [0.2, 0.25) is 0 Å². The van der Waals surface area contributed by atoms with Crippen LogP contribution in [-0.2, 0) is 4.74 Å². The molecule has 0 atom stereocenters. The number of urea groups is 1. The summed E-state index contributed by atoms with van der Waals surface area (Å²) in [6, 6.07) is 22.3. The Morgan fingerprint density at radius 1 is 0.974 bits per heavy atom. The number of nitrogens with zero attached hydrogens (tertiary/aromatic N) is 3. The number of fused-ring (bicyclic) bond motifs is 1. The maximum absolute atomic E-state index is 13.3. The SMILES string of the molecule is Cc1ccc(-n2nc([Si](C)(C)C)cc2NC(=O)Nc2ccc(SCCN3CCOCC3)c3ccccc23)cc1. The number of morpholine rings is 1. The summed E-state index contributed by atoms with van der Waals surface area (Å²) in [6.45, 7) is 13.5. The number of rotatable bonds is 8. The Hall–Kier alpha value is -3.11. The predicted molar refractivity (Wildman–Crippen MR) is 166 cm³/mol. The zero-order valence-electron chi connectivity index (χ0n) is 23.2. The first-order valence-corrected chi connectivity index (χ1v) is 18.0. The summed E-state index contributed by atoms with van der Waals surface area (Å²) in [5.74, 6) is 1.67. The molecule has 1 aliphatic rings. The second-order valence-electron chi connectivity index (χ2n) is 11.0. The Morgan fingerprint density at radius 3 is 2.41 bits per heavy atom. The highest BCUT2D eigenvalue weighted by atomic mass is 32.2. The van der Waals surface area contributed by atoms with Gasteiger partial charge in [-0.05, 0) is 42.6 Å². The molecule has 2 heterocycles. The first kappa shape index (κ1) is 27.5. The van der Waals surface area contributed by atoms with Crippen molar-refractivity contribution >= 4 is 53.5 Å². The van der Waals surface area contributed by atoms with Crippen molar-refractivity contribution in [1.82, 2.24) is 14.7 Å². The van der Waals surface area contributed by atoms with Gasteiger partial charge in [-0.1, -0.05) is 61.6 Å². The van der Waals surface area contributed by atoms with E-state index < -0.39 is 8.07 Å². The smallest absolute Gasteiger partial charge is 0.324 e. The van der Waals surface area contributed by atoms with Crippen LogP contribution in [0.4, 0.5) is 16.3 Å². The highest BCUT2D eigenvalue weighted by Gasteiger charge is 2.23. The number of hydrogen-bond donors (Lipinski definition) is 2. The summed E-state index contributed by atoms with van der Waals surface area (Å²) >= 11 is 1.86. The van der Waals surface area contributed by atoms with E-state index in [-0.39, 0.29) is 6.03 Å². The van der Waals surface area contributed by atoms with Gasteiger partial charge >= 0.3 is 6.03 Å². The van der Waals surface area contributed by atoms with Gasteiger partial charge < -0.3 is 10.1 Å². The molecule has 0 unspecified atom stereocenters. The summed E-state index contributed by atoms with van der Waals surface area (Å²) in [7, 11) is -1.69. The molecule has 0 spiro atoms. The molecule has 39 heavy (non-hydrogen) atoms. The molecule has 0 saturated carbocycles. The maximum Gasteiger partial charge on any atom is 0.324 e. The molecule has 204 valence electrons. The van der Waals surface area contributed by atoms with Gasteiger partial charge in [-0.15, -0.1) is 11.8 Å². The van der Waals surface area contributed by atoms with E-state index in [1.807, 2.05) is 46.8 Å². The third-order valence-corrected chi connectivity index (χ3v) is 9.73. The van der Waals surface area contributed by atoms with E-state index in [0.29, 0.717) is 5.82 Å². The van der Waals surface area contributed by atoms with E-state index in [0.717, 1.165) is 66.1 Å². The lowest BCUT2D eigenvalue weighted by Crippen LogP contribution is -2.39. The van der Waals surface area contributed by atoms with Gasteiger partial charge in [0, 0.05) is 41.0 Å². The molecule has 9 heteroatoms. The van der Waals surface area contributed by atoms with Gasteiger partial charge in [-0.25, -0.2) is 9.48 Å². The molecule has 3 aromatic carbocycles. The molecule has 7 nitrogen and oxygen atoms in total. The van der Waals surface area contributed by atoms with Crippen molar-refractivity contribution in [2.24, 2.45) is 0 Å². The third-order valence-electron chi connectivity index (χ3n) is 6.90. The number of anilines is 2. The van der Waals surface area contributed by atoms with Crippen LogP contribution in [-0.4, -0.2) is 67.4 Å². The van der Waals surface area contributed by atoms with Gasteiger partial charge in [-0.3, -0.25) is 10.2 Å². The summed E-state index contributed by atoms with van der Waals surface area (Å²) in [4.78, 5) is 17.0. The van der Waals surface area contributed by atoms with Crippen molar-refractivity contribution in [1.29, 1.82) is 0 Å². The molecular formula is C30H37N5O2SSi. The first-order chi connectivity index (χ1) is 18.8. The molecule has 4 aromatic rings.